The number of hydrogen-bond acceptors (Lipinski definition) is 8. The van der Waals surface area contributed by atoms with Crippen LogP contribution in [0.2, 0.25) is 10.0 Å². The molecule has 152 valence electrons. The van der Waals surface area contributed by atoms with Gasteiger partial charge in [-0.2, -0.15) is 21.0 Å². The molecule has 0 atom stereocenters. The first kappa shape index (κ1) is 22.3. The lowest BCUT2D eigenvalue weighted by Crippen LogP contribution is -1.69. The molecule has 0 aliphatic heterocycles. The number of hydrogen-bond donors (Lipinski definition) is 0. The Bertz CT molecular complexity index is 1450. The number of rotatable bonds is 4. The second-order valence-corrected chi connectivity index (χ2v) is 11.1. The second kappa shape index (κ2) is 9.29. The van der Waals surface area contributed by atoms with Gasteiger partial charge in [0.1, 0.15) is 35.4 Å². The standard InChI is InChI=1S/C22H6Cl2N4S4/c23-17-19(15-3-1-13(29-15)5-11(7-25)8-26)31-22-18(24)20(32-21(17)22)16-4-2-14(30-16)6-12(9-27)10-28/h1-6H. The summed E-state index contributed by atoms with van der Waals surface area (Å²) < 4.78 is 1.79. The maximum Gasteiger partial charge on any atom is 0.131 e. The topological polar surface area (TPSA) is 95.2 Å². The van der Waals surface area contributed by atoms with Crippen LogP contribution in [0.5, 0.6) is 0 Å². The van der Waals surface area contributed by atoms with Gasteiger partial charge < -0.3 is 0 Å². The lowest BCUT2D eigenvalue weighted by molar-refractivity contribution is 1.47. The van der Waals surface area contributed by atoms with Gasteiger partial charge in [0.15, 0.2) is 0 Å². The molecule has 0 aromatic carbocycles. The van der Waals surface area contributed by atoms with Gasteiger partial charge in [0.25, 0.3) is 0 Å². The largest absolute Gasteiger partial charge is 0.192 e. The van der Waals surface area contributed by atoms with Crippen molar-refractivity contribution in [3.63, 3.8) is 0 Å². The van der Waals surface area contributed by atoms with Gasteiger partial charge >= 0.3 is 0 Å². The van der Waals surface area contributed by atoms with Crippen LogP contribution in [0.25, 0.3) is 41.1 Å². The van der Waals surface area contributed by atoms with Crippen molar-refractivity contribution in [3.8, 4) is 43.8 Å². The van der Waals surface area contributed by atoms with Crippen molar-refractivity contribution in [2.75, 3.05) is 0 Å². The molecule has 0 unspecified atom stereocenters. The van der Waals surface area contributed by atoms with Crippen LogP contribution in [0.1, 0.15) is 9.75 Å². The molecule has 4 aromatic heterocycles. The molecule has 4 nitrogen and oxygen atoms in total. The van der Waals surface area contributed by atoms with Gasteiger partial charge in [0, 0.05) is 19.5 Å². The van der Waals surface area contributed by atoms with E-state index in [-0.39, 0.29) is 11.1 Å². The van der Waals surface area contributed by atoms with Crippen molar-refractivity contribution in [1.29, 1.82) is 21.0 Å². The Morgan fingerprint density at radius 3 is 1.34 bits per heavy atom. The summed E-state index contributed by atoms with van der Waals surface area (Å²) >= 11 is 19.3. The van der Waals surface area contributed by atoms with E-state index in [1.807, 2.05) is 48.5 Å². The minimum atomic E-state index is 0.0474. The van der Waals surface area contributed by atoms with E-state index in [0.29, 0.717) is 10.0 Å². The molecule has 0 N–H and O–H groups in total. The van der Waals surface area contributed by atoms with Gasteiger partial charge in [0.05, 0.1) is 29.2 Å². The van der Waals surface area contributed by atoms with Crippen LogP contribution >= 0.6 is 68.5 Å². The minimum Gasteiger partial charge on any atom is -0.192 e. The fourth-order valence-electron chi connectivity index (χ4n) is 2.77. The monoisotopic (exact) mass is 524 g/mol. The zero-order valence-corrected chi connectivity index (χ0v) is 20.4. The normalized spacial score (nSPS) is 10.1. The Balaban J connectivity index is 1.72. The van der Waals surface area contributed by atoms with Crippen molar-refractivity contribution in [2.45, 2.75) is 0 Å². The summed E-state index contributed by atoms with van der Waals surface area (Å²) in [5.74, 6) is 0. The number of halogens is 2. The number of thiophene rings is 4. The van der Waals surface area contributed by atoms with Crippen molar-refractivity contribution in [1.82, 2.24) is 0 Å². The predicted molar refractivity (Wildman–Crippen MR) is 135 cm³/mol. The summed E-state index contributed by atoms with van der Waals surface area (Å²) in [6, 6.07) is 15.0. The Labute approximate surface area is 209 Å². The van der Waals surface area contributed by atoms with Crippen LogP contribution in [0.3, 0.4) is 0 Å². The second-order valence-electron chi connectivity index (χ2n) is 6.12. The third kappa shape index (κ3) is 4.09. The molecule has 0 radical (unpaired) electrons. The van der Waals surface area contributed by atoms with Gasteiger partial charge in [-0.15, -0.1) is 45.3 Å². The summed E-state index contributed by atoms with van der Waals surface area (Å²) in [4.78, 5) is 5.25. The average Bonchev–Trinajstić information content (AvgIpc) is 3.57. The highest BCUT2D eigenvalue weighted by molar-refractivity contribution is 7.35. The SMILES string of the molecule is N#CC(C#N)=Cc1ccc(-c2sc3c(Cl)c(-c4ccc(C=C(C#N)C#N)s4)sc3c2Cl)s1. The van der Waals surface area contributed by atoms with Crippen molar-refractivity contribution >= 4 is 90.1 Å². The highest BCUT2D eigenvalue weighted by Gasteiger charge is 2.22. The number of nitrogens with zero attached hydrogens (tertiary/aromatic N) is 4. The smallest absolute Gasteiger partial charge is 0.131 e. The highest BCUT2D eigenvalue weighted by Crippen LogP contribution is 2.54. The highest BCUT2D eigenvalue weighted by atomic mass is 35.5. The van der Waals surface area contributed by atoms with Crippen LogP contribution in [0, 0.1) is 45.3 Å². The fourth-order valence-corrected chi connectivity index (χ4v) is 8.42. The molecule has 32 heavy (non-hydrogen) atoms. The van der Waals surface area contributed by atoms with Crippen LogP contribution in [0.4, 0.5) is 0 Å². The molecule has 10 heteroatoms. The molecule has 0 bridgehead atoms. The van der Waals surface area contributed by atoms with Crippen LogP contribution < -0.4 is 0 Å². The van der Waals surface area contributed by atoms with Crippen molar-refractivity contribution in [3.05, 3.63) is 55.2 Å². The van der Waals surface area contributed by atoms with Gasteiger partial charge in [-0.25, -0.2) is 0 Å². The fraction of sp³-hybridized carbons (Fsp3) is 0. The molecule has 0 amide bonds. The zero-order valence-electron chi connectivity index (χ0n) is 15.6. The Hall–Kier alpha value is -2.92. The molecule has 0 saturated heterocycles. The number of nitriles is 4. The summed E-state index contributed by atoms with van der Waals surface area (Å²) in [7, 11) is 0. The quantitative estimate of drug-likeness (QED) is 0.249. The minimum absolute atomic E-state index is 0.0474. The van der Waals surface area contributed by atoms with Crippen LogP contribution in [-0.2, 0) is 0 Å². The lowest BCUT2D eigenvalue weighted by atomic mass is 10.3. The van der Waals surface area contributed by atoms with Gasteiger partial charge in [-0.1, -0.05) is 23.2 Å². The first-order valence-corrected chi connectivity index (χ1v) is 12.7. The molecule has 4 rings (SSSR count). The summed E-state index contributed by atoms with van der Waals surface area (Å²) in [6.07, 6.45) is 3.10. The van der Waals surface area contributed by atoms with Crippen molar-refractivity contribution in [2.24, 2.45) is 0 Å². The maximum absolute atomic E-state index is 8.94. The molecule has 0 fully saturated rings. The first-order chi connectivity index (χ1) is 15.5. The van der Waals surface area contributed by atoms with E-state index in [1.165, 1.54) is 45.3 Å². The average molecular weight is 525 g/mol. The van der Waals surface area contributed by atoms with E-state index in [9.17, 15) is 0 Å². The summed E-state index contributed by atoms with van der Waals surface area (Å²) in [5, 5.41) is 37.0. The van der Waals surface area contributed by atoms with E-state index < -0.39 is 0 Å². The molecular formula is C22H6Cl2N4S4. The Morgan fingerprint density at radius 1 is 0.625 bits per heavy atom. The molecule has 4 heterocycles. The third-order valence-electron chi connectivity index (χ3n) is 4.17. The lowest BCUT2D eigenvalue weighted by Gasteiger charge is -1.95. The van der Waals surface area contributed by atoms with Gasteiger partial charge in [-0.3, -0.25) is 0 Å². The van der Waals surface area contributed by atoms with E-state index >= 15 is 0 Å². The molecule has 4 aromatic rings. The molecule has 0 saturated carbocycles. The van der Waals surface area contributed by atoms with E-state index in [2.05, 4.69) is 0 Å². The number of allylic oxidation sites excluding steroid dienone is 2. The molecule has 0 spiro atoms. The Kier molecular flexibility index (Phi) is 6.47. The van der Waals surface area contributed by atoms with E-state index in [1.54, 1.807) is 12.2 Å². The van der Waals surface area contributed by atoms with Crippen molar-refractivity contribution < 1.29 is 0 Å². The predicted octanol–water partition coefficient (Wildman–Crippen LogP) is 8.59. The maximum atomic E-state index is 8.94. The zero-order chi connectivity index (χ0) is 22.8. The van der Waals surface area contributed by atoms with Gasteiger partial charge in [-0.05, 0) is 36.4 Å². The summed E-state index contributed by atoms with van der Waals surface area (Å²) in [5.41, 5.74) is 0.0948. The summed E-state index contributed by atoms with van der Waals surface area (Å²) in [6.45, 7) is 0. The Morgan fingerprint density at radius 2 is 1.00 bits per heavy atom. The van der Waals surface area contributed by atoms with E-state index in [0.717, 1.165) is 38.7 Å². The van der Waals surface area contributed by atoms with Crippen LogP contribution in [-0.4, -0.2) is 0 Å². The molecular weight excluding hydrogens is 519 g/mol. The molecule has 0 aliphatic rings. The third-order valence-corrected chi connectivity index (χ3v) is 10.3. The van der Waals surface area contributed by atoms with Crippen LogP contribution in [0.15, 0.2) is 35.4 Å². The van der Waals surface area contributed by atoms with E-state index in [4.69, 9.17) is 44.2 Å². The van der Waals surface area contributed by atoms with Gasteiger partial charge in [0.2, 0.25) is 0 Å². The first-order valence-electron chi connectivity index (χ1n) is 8.63. The number of fused-ring (bicyclic) bond motifs is 1. The molecule has 0 aliphatic carbocycles.